The van der Waals surface area contributed by atoms with Gasteiger partial charge in [-0.05, 0) is 63.0 Å². The van der Waals surface area contributed by atoms with E-state index in [1.54, 1.807) is 6.08 Å². The summed E-state index contributed by atoms with van der Waals surface area (Å²) in [6.07, 6.45) is 10.0. The van der Waals surface area contributed by atoms with Gasteiger partial charge < -0.3 is 5.32 Å². The lowest BCUT2D eigenvalue weighted by molar-refractivity contribution is -0.127. The Morgan fingerprint density at radius 1 is 1.24 bits per heavy atom. The summed E-state index contributed by atoms with van der Waals surface area (Å²) in [4.78, 5) is 21.4. The number of likely N-dealkylation sites (tertiary alicyclic amines) is 2. The van der Waals surface area contributed by atoms with Gasteiger partial charge in [0.15, 0.2) is 0 Å². The second-order valence-electron chi connectivity index (χ2n) is 7.23. The van der Waals surface area contributed by atoms with E-state index in [9.17, 15) is 4.79 Å². The summed E-state index contributed by atoms with van der Waals surface area (Å²) in [5.41, 5.74) is 1.34. The van der Waals surface area contributed by atoms with E-state index in [4.69, 9.17) is 0 Å². The fourth-order valence-electron chi connectivity index (χ4n) is 4.06. The minimum atomic E-state index is 0.142. The monoisotopic (exact) mass is 342 g/mol. The van der Waals surface area contributed by atoms with E-state index in [1.165, 1.54) is 18.4 Å². The van der Waals surface area contributed by atoms with Gasteiger partial charge in [-0.25, -0.2) is 0 Å². The third-order valence-corrected chi connectivity index (χ3v) is 5.47. The molecule has 0 bridgehead atoms. The van der Waals surface area contributed by atoms with Gasteiger partial charge in [-0.2, -0.15) is 0 Å². The molecule has 0 unspecified atom stereocenters. The maximum atomic E-state index is 12.2. The number of hydrogen-bond donors (Lipinski definition) is 1. The van der Waals surface area contributed by atoms with Crippen LogP contribution in [0.2, 0.25) is 0 Å². The predicted molar refractivity (Wildman–Crippen MR) is 100 cm³/mol. The predicted octanol–water partition coefficient (Wildman–Crippen LogP) is 2.06. The zero-order valence-corrected chi connectivity index (χ0v) is 15.1. The summed E-state index contributed by atoms with van der Waals surface area (Å²) in [6, 6.07) is 4.83. The number of piperidine rings is 2. The van der Waals surface area contributed by atoms with Crippen LogP contribution in [0.15, 0.2) is 37.2 Å². The summed E-state index contributed by atoms with van der Waals surface area (Å²) < 4.78 is 0. The summed E-state index contributed by atoms with van der Waals surface area (Å²) in [7, 11) is 0. The Hall–Kier alpha value is -1.72. The van der Waals surface area contributed by atoms with Crippen molar-refractivity contribution in [2.75, 3.05) is 32.7 Å². The molecule has 3 rings (SSSR count). The molecule has 1 aromatic heterocycles. The van der Waals surface area contributed by atoms with Crippen LogP contribution in [0, 0.1) is 5.92 Å². The molecule has 0 saturated carbocycles. The highest BCUT2D eigenvalue weighted by molar-refractivity contribution is 5.79. The molecule has 2 aliphatic rings. The fourth-order valence-corrected chi connectivity index (χ4v) is 4.06. The van der Waals surface area contributed by atoms with Crippen molar-refractivity contribution in [2.24, 2.45) is 5.92 Å². The molecular weight excluding hydrogens is 312 g/mol. The number of carbonyl (C=O) groups excluding carboxylic acids is 1. The summed E-state index contributed by atoms with van der Waals surface area (Å²) in [5.74, 6) is 0.336. The van der Waals surface area contributed by atoms with E-state index in [0.717, 1.165) is 45.6 Å². The third-order valence-electron chi connectivity index (χ3n) is 5.47. The Bertz CT molecular complexity index is 554. The average molecular weight is 342 g/mol. The van der Waals surface area contributed by atoms with Crippen LogP contribution in [0.4, 0.5) is 0 Å². The van der Waals surface area contributed by atoms with Gasteiger partial charge in [0.2, 0.25) is 5.91 Å². The number of hydrogen-bond acceptors (Lipinski definition) is 4. The van der Waals surface area contributed by atoms with E-state index in [0.29, 0.717) is 12.6 Å². The van der Waals surface area contributed by atoms with Crippen molar-refractivity contribution >= 4 is 5.91 Å². The number of nitrogens with zero attached hydrogens (tertiary/aromatic N) is 3. The first kappa shape index (κ1) is 18.1. The number of carbonyl (C=O) groups is 1. The van der Waals surface area contributed by atoms with Crippen LogP contribution in [0.5, 0.6) is 0 Å². The number of rotatable bonds is 6. The quantitative estimate of drug-likeness (QED) is 0.804. The van der Waals surface area contributed by atoms with Crippen molar-refractivity contribution in [3.05, 3.63) is 42.7 Å². The van der Waals surface area contributed by atoms with Crippen molar-refractivity contribution in [1.29, 1.82) is 0 Å². The lowest BCUT2D eigenvalue weighted by Crippen LogP contribution is -2.50. The van der Waals surface area contributed by atoms with Gasteiger partial charge in [0, 0.05) is 38.1 Å². The first-order valence-corrected chi connectivity index (χ1v) is 9.50. The van der Waals surface area contributed by atoms with Gasteiger partial charge in [-0.1, -0.05) is 6.08 Å². The average Bonchev–Trinajstić information content (AvgIpc) is 2.67. The van der Waals surface area contributed by atoms with Crippen molar-refractivity contribution in [2.45, 2.75) is 38.3 Å². The van der Waals surface area contributed by atoms with Crippen molar-refractivity contribution in [3.63, 3.8) is 0 Å². The lowest BCUT2D eigenvalue weighted by atomic mass is 9.93. The molecule has 0 aliphatic carbocycles. The zero-order valence-electron chi connectivity index (χ0n) is 15.1. The fraction of sp³-hybridized carbons (Fsp3) is 0.600. The Kier molecular flexibility index (Phi) is 6.59. The summed E-state index contributed by atoms with van der Waals surface area (Å²) in [5, 5.41) is 2.96. The molecular formula is C20H30N4O. The van der Waals surface area contributed by atoms with Gasteiger partial charge in [-0.15, -0.1) is 6.58 Å². The SMILES string of the molecule is C=CCNC(=O)[C@@H]1CCCN(C2CCN(Cc3ccncc3)CC2)C1. The molecule has 25 heavy (non-hydrogen) atoms. The molecule has 136 valence electrons. The molecule has 2 saturated heterocycles. The Morgan fingerprint density at radius 3 is 2.72 bits per heavy atom. The number of pyridine rings is 1. The summed E-state index contributed by atoms with van der Waals surface area (Å²) in [6.45, 7) is 9.58. The normalized spacial score (nSPS) is 23.3. The minimum Gasteiger partial charge on any atom is -0.352 e. The highest BCUT2D eigenvalue weighted by Crippen LogP contribution is 2.24. The maximum Gasteiger partial charge on any atom is 0.224 e. The molecule has 1 N–H and O–H groups in total. The van der Waals surface area contributed by atoms with Gasteiger partial charge in [0.1, 0.15) is 0 Å². The van der Waals surface area contributed by atoms with Gasteiger partial charge in [0.05, 0.1) is 5.92 Å². The first-order chi connectivity index (χ1) is 12.3. The van der Waals surface area contributed by atoms with Gasteiger partial charge in [0.25, 0.3) is 0 Å². The molecule has 1 amide bonds. The molecule has 0 aromatic carbocycles. The van der Waals surface area contributed by atoms with Crippen LogP contribution in [0.1, 0.15) is 31.2 Å². The molecule has 3 heterocycles. The molecule has 5 nitrogen and oxygen atoms in total. The Balaban J connectivity index is 1.45. The van der Waals surface area contributed by atoms with Gasteiger partial charge in [-0.3, -0.25) is 19.6 Å². The van der Waals surface area contributed by atoms with Crippen molar-refractivity contribution < 1.29 is 4.79 Å². The maximum absolute atomic E-state index is 12.2. The Morgan fingerprint density at radius 2 is 2.00 bits per heavy atom. The topological polar surface area (TPSA) is 48.5 Å². The molecule has 1 aromatic rings. The van der Waals surface area contributed by atoms with Crippen LogP contribution in [-0.2, 0) is 11.3 Å². The number of aromatic nitrogens is 1. The minimum absolute atomic E-state index is 0.142. The van der Waals surface area contributed by atoms with Crippen LogP contribution < -0.4 is 5.32 Å². The van der Waals surface area contributed by atoms with Crippen LogP contribution >= 0.6 is 0 Å². The van der Waals surface area contributed by atoms with E-state index in [2.05, 4.69) is 38.8 Å². The van der Waals surface area contributed by atoms with Crippen molar-refractivity contribution in [1.82, 2.24) is 20.1 Å². The van der Waals surface area contributed by atoms with Crippen molar-refractivity contribution in [3.8, 4) is 0 Å². The zero-order chi connectivity index (χ0) is 17.5. The highest BCUT2D eigenvalue weighted by Gasteiger charge is 2.31. The summed E-state index contributed by atoms with van der Waals surface area (Å²) >= 11 is 0. The Labute approximate surface area is 151 Å². The highest BCUT2D eigenvalue weighted by atomic mass is 16.1. The number of nitrogens with one attached hydrogen (secondary N) is 1. The largest absolute Gasteiger partial charge is 0.352 e. The van der Waals surface area contributed by atoms with Crippen LogP contribution in [-0.4, -0.2) is 59.5 Å². The smallest absolute Gasteiger partial charge is 0.224 e. The second-order valence-corrected chi connectivity index (χ2v) is 7.23. The standard InChI is InChI=1S/C20H30N4O/c1-2-9-22-20(25)18-4-3-12-24(16-18)19-7-13-23(14-8-19)15-17-5-10-21-11-6-17/h2,5-6,10-11,18-19H,1,3-4,7-9,12-16H2,(H,22,25)/t18-/m1/s1. The molecule has 0 radical (unpaired) electrons. The molecule has 5 heteroatoms. The van der Waals surface area contributed by atoms with Crippen LogP contribution in [0.3, 0.4) is 0 Å². The molecule has 2 aliphatic heterocycles. The van der Waals surface area contributed by atoms with E-state index >= 15 is 0 Å². The molecule has 0 spiro atoms. The van der Waals surface area contributed by atoms with Crippen LogP contribution in [0.25, 0.3) is 0 Å². The first-order valence-electron chi connectivity index (χ1n) is 9.50. The van der Waals surface area contributed by atoms with E-state index in [-0.39, 0.29) is 11.8 Å². The van der Waals surface area contributed by atoms with E-state index < -0.39 is 0 Å². The number of amides is 1. The lowest BCUT2D eigenvalue weighted by Gasteiger charge is -2.42. The molecule has 1 atom stereocenters. The molecule has 2 fully saturated rings. The second kappa shape index (κ2) is 9.11. The van der Waals surface area contributed by atoms with E-state index in [1.807, 2.05) is 12.4 Å². The van der Waals surface area contributed by atoms with Gasteiger partial charge >= 0.3 is 0 Å². The third kappa shape index (κ3) is 5.13.